The van der Waals surface area contributed by atoms with Crippen molar-refractivity contribution in [1.82, 2.24) is 14.8 Å². The molecule has 0 atom stereocenters. The van der Waals surface area contributed by atoms with E-state index in [1.165, 1.54) is 18.2 Å². The molecular formula is C24H21N5O4. The third-order valence-corrected chi connectivity index (χ3v) is 5.05. The highest BCUT2D eigenvalue weighted by Crippen LogP contribution is 2.28. The molecule has 2 heterocycles. The molecule has 0 bridgehead atoms. The first-order chi connectivity index (χ1) is 15.9. The number of aromatic nitrogens is 3. The monoisotopic (exact) mass is 443 g/mol. The first-order valence-corrected chi connectivity index (χ1v) is 10.1. The lowest BCUT2D eigenvalue weighted by Crippen LogP contribution is -2.13. The number of para-hydroxylation sites is 1. The van der Waals surface area contributed by atoms with Gasteiger partial charge < -0.3 is 10.1 Å². The number of nitrogens with one attached hydrogen (secondary N) is 1. The summed E-state index contributed by atoms with van der Waals surface area (Å²) in [6.07, 6.45) is 2.94. The van der Waals surface area contributed by atoms with Crippen LogP contribution in [-0.4, -0.2) is 32.7 Å². The normalized spacial score (nSPS) is 11.1. The molecule has 9 nitrogen and oxygen atoms in total. The van der Waals surface area contributed by atoms with Crippen molar-refractivity contribution in [3.63, 3.8) is 0 Å². The van der Waals surface area contributed by atoms with E-state index in [0.717, 1.165) is 10.9 Å². The molecule has 9 heteroatoms. The second-order valence-electron chi connectivity index (χ2n) is 7.41. The first-order valence-electron chi connectivity index (χ1n) is 10.1. The van der Waals surface area contributed by atoms with E-state index in [1.54, 1.807) is 36.1 Å². The van der Waals surface area contributed by atoms with Crippen molar-refractivity contribution in [2.24, 2.45) is 0 Å². The van der Waals surface area contributed by atoms with Crippen LogP contribution in [0.5, 0.6) is 5.75 Å². The number of nitro benzene ring substituents is 1. The Bertz CT molecular complexity index is 1390. The van der Waals surface area contributed by atoms with Gasteiger partial charge in [0, 0.05) is 29.7 Å². The number of carbonyl (C=O) groups is 1. The number of anilines is 1. The fourth-order valence-electron chi connectivity index (χ4n) is 3.46. The topological polar surface area (TPSA) is 112 Å². The van der Waals surface area contributed by atoms with Gasteiger partial charge in [-0.1, -0.05) is 12.1 Å². The summed E-state index contributed by atoms with van der Waals surface area (Å²) in [7, 11) is 1.60. The Morgan fingerprint density at radius 3 is 2.61 bits per heavy atom. The summed E-state index contributed by atoms with van der Waals surface area (Å²) in [6, 6.07) is 15.3. The van der Waals surface area contributed by atoms with Gasteiger partial charge in [-0.25, -0.2) is 4.98 Å². The Balaban J connectivity index is 1.61. The number of rotatable bonds is 6. The van der Waals surface area contributed by atoms with E-state index in [0.29, 0.717) is 34.2 Å². The third-order valence-electron chi connectivity index (χ3n) is 5.05. The Hall–Kier alpha value is -4.53. The lowest BCUT2D eigenvalue weighted by atomic mass is 10.1. The number of non-ortho nitro benzene ring substituents is 1. The minimum absolute atomic E-state index is 0.00853. The number of aryl methyl sites for hydroxylation is 2. The molecule has 0 aliphatic heterocycles. The van der Waals surface area contributed by atoms with E-state index in [1.807, 2.05) is 38.1 Å². The molecule has 4 rings (SSSR count). The van der Waals surface area contributed by atoms with E-state index in [-0.39, 0.29) is 11.6 Å². The number of nitro groups is 1. The van der Waals surface area contributed by atoms with Gasteiger partial charge in [-0.05, 0) is 55.3 Å². The lowest BCUT2D eigenvalue weighted by molar-refractivity contribution is -0.384. The molecule has 0 saturated carbocycles. The summed E-state index contributed by atoms with van der Waals surface area (Å²) in [6.45, 7) is 3.81. The van der Waals surface area contributed by atoms with Gasteiger partial charge >= 0.3 is 0 Å². The van der Waals surface area contributed by atoms with Crippen molar-refractivity contribution >= 4 is 34.4 Å². The zero-order valence-electron chi connectivity index (χ0n) is 18.3. The van der Waals surface area contributed by atoms with Gasteiger partial charge in [-0.3, -0.25) is 14.9 Å². The van der Waals surface area contributed by atoms with Crippen LogP contribution in [0.25, 0.3) is 22.8 Å². The van der Waals surface area contributed by atoms with Gasteiger partial charge in [0.25, 0.3) is 5.69 Å². The van der Waals surface area contributed by atoms with Gasteiger partial charge in [0.2, 0.25) is 5.91 Å². The molecule has 1 N–H and O–H groups in total. The Labute approximate surface area is 189 Å². The standard InChI is InChI=1S/C24H21N5O4/c1-15-13-21(26-24-19(15)5-4-6-20(24)33-3)28-22(14-16(2)27-28)25-23(30)12-9-17-7-10-18(11-8-17)29(31)32/h4-14H,1-3H3,(H,25,30)/b12-9+. The molecule has 166 valence electrons. The molecule has 0 unspecified atom stereocenters. The summed E-state index contributed by atoms with van der Waals surface area (Å²) in [5.41, 5.74) is 3.07. The fraction of sp³-hybridized carbons (Fsp3) is 0.125. The average Bonchev–Trinajstić information content (AvgIpc) is 3.17. The number of carbonyl (C=O) groups excluding carboxylic acids is 1. The van der Waals surface area contributed by atoms with Crippen LogP contribution < -0.4 is 10.1 Å². The minimum atomic E-state index is -0.470. The predicted octanol–water partition coefficient (Wildman–Crippen LogP) is 4.61. The second-order valence-corrected chi connectivity index (χ2v) is 7.41. The van der Waals surface area contributed by atoms with Gasteiger partial charge in [0.1, 0.15) is 17.1 Å². The highest BCUT2D eigenvalue weighted by atomic mass is 16.6. The average molecular weight is 443 g/mol. The van der Waals surface area contributed by atoms with Crippen LogP contribution in [0.2, 0.25) is 0 Å². The van der Waals surface area contributed by atoms with E-state index >= 15 is 0 Å². The van der Waals surface area contributed by atoms with E-state index in [4.69, 9.17) is 9.72 Å². The SMILES string of the molecule is COc1cccc2c(C)cc(-n3nc(C)cc3NC(=O)/C=C/c3ccc([N+](=O)[O-])cc3)nc12. The van der Waals surface area contributed by atoms with Gasteiger partial charge in [-0.2, -0.15) is 9.78 Å². The molecule has 0 spiro atoms. The zero-order chi connectivity index (χ0) is 23.5. The molecule has 1 amide bonds. The zero-order valence-corrected chi connectivity index (χ0v) is 18.3. The fourth-order valence-corrected chi connectivity index (χ4v) is 3.46. The van der Waals surface area contributed by atoms with Crippen LogP contribution in [0, 0.1) is 24.0 Å². The molecular weight excluding hydrogens is 422 g/mol. The number of pyridine rings is 1. The van der Waals surface area contributed by atoms with Crippen molar-refractivity contribution in [2.75, 3.05) is 12.4 Å². The van der Waals surface area contributed by atoms with Crippen molar-refractivity contribution in [3.05, 3.63) is 87.6 Å². The third kappa shape index (κ3) is 4.57. The molecule has 2 aromatic heterocycles. The number of methoxy groups -OCH3 is 1. The van der Waals surface area contributed by atoms with Crippen LogP contribution in [0.15, 0.2) is 60.7 Å². The number of benzene rings is 2. The summed E-state index contributed by atoms with van der Waals surface area (Å²) >= 11 is 0. The molecule has 0 aliphatic rings. The van der Waals surface area contributed by atoms with Crippen molar-refractivity contribution < 1.29 is 14.5 Å². The van der Waals surface area contributed by atoms with Crippen LogP contribution >= 0.6 is 0 Å². The van der Waals surface area contributed by atoms with Crippen molar-refractivity contribution in [1.29, 1.82) is 0 Å². The van der Waals surface area contributed by atoms with Crippen LogP contribution in [-0.2, 0) is 4.79 Å². The highest BCUT2D eigenvalue weighted by molar-refractivity contribution is 6.01. The Morgan fingerprint density at radius 2 is 1.91 bits per heavy atom. The molecule has 0 aliphatic carbocycles. The van der Waals surface area contributed by atoms with Crippen molar-refractivity contribution in [3.8, 4) is 11.6 Å². The maximum absolute atomic E-state index is 12.5. The molecule has 0 saturated heterocycles. The first kappa shape index (κ1) is 21.7. The van der Waals surface area contributed by atoms with Gasteiger partial charge in [-0.15, -0.1) is 0 Å². The Morgan fingerprint density at radius 1 is 1.15 bits per heavy atom. The molecule has 4 aromatic rings. The number of hydrogen-bond donors (Lipinski definition) is 1. The smallest absolute Gasteiger partial charge is 0.269 e. The van der Waals surface area contributed by atoms with Crippen molar-refractivity contribution in [2.45, 2.75) is 13.8 Å². The second kappa shape index (κ2) is 8.91. The molecule has 2 aromatic carbocycles. The summed E-state index contributed by atoms with van der Waals surface area (Å²) in [4.78, 5) is 27.6. The predicted molar refractivity (Wildman–Crippen MR) is 126 cm³/mol. The van der Waals surface area contributed by atoms with Crippen LogP contribution in [0.3, 0.4) is 0 Å². The maximum Gasteiger partial charge on any atom is 0.269 e. The van der Waals surface area contributed by atoms with E-state index in [9.17, 15) is 14.9 Å². The van der Waals surface area contributed by atoms with Gasteiger partial charge in [0.15, 0.2) is 5.82 Å². The molecule has 33 heavy (non-hydrogen) atoms. The lowest BCUT2D eigenvalue weighted by Gasteiger charge is -2.11. The number of amides is 1. The van der Waals surface area contributed by atoms with Crippen LogP contribution in [0.1, 0.15) is 16.8 Å². The number of ether oxygens (including phenoxy) is 1. The minimum Gasteiger partial charge on any atom is -0.494 e. The Kier molecular flexibility index (Phi) is 5.86. The number of nitrogens with zero attached hydrogens (tertiary/aromatic N) is 4. The summed E-state index contributed by atoms with van der Waals surface area (Å²) < 4.78 is 7.03. The largest absolute Gasteiger partial charge is 0.494 e. The van der Waals surface area contributed by atoms with E-state index in [2.05, 4.69) is 10.4 Å². The van der Waals surface area contributed by atoms with Gasteiger partial charge in [0.05, 0.1) is 17.7 Å². The molecule has 0 fully saturated rings. The summed E-state index contributed by atoms with van der Waals surface area (Å²) in [5.74, 6) is 1.29. The van der Waals surface area contributed by atoms with Crippen LogP contribution in [0.4, 0.5) is 11.5 Å². The quantitative estimate of drug-likeness (QED) is 0.265. The highest BCUT2D eigenvalue weighted by Gasteiger charge is 2.14. The summed E-state index contributed by atoms with van der Waals surface area (Å²) in [5, 5.41) is 19.0. The number of fused-ring (bicyclic) bond motifs is 1. The maximum atomic E-state index is 12.5. The van der Waals surface area contributed by atoms with E-state index < -0.39 is 4.92 Å². The number of hydrogen-bond acceptors (Lipinski definition) is 6. The molecule has 0 radical (unpaired) electrons.